The van der Waals surface area contributed by atoms with E-state index in [-0.39, 0.29) is 0 Å². The van der Waals surface area contributed by atoms with Crippen molar-refractivity contribution in [2.24, 2.45) is 0 Å². The first-order valence-electron chi connectivity index (χ1n) is 8.67. The van der Waals surface area contributed by atoms with Gasteiger partial charge in [-0.3, -0.25) is 0 Å². The van der Waals surface area contributed by atoms with Crippen LogP contribution >= 0.6 is 11.6 Å². The third-order valence-electron chi connectivity index (χ3n) is 4.86. The summed E-state index contributed by atoms with van der Waals surface area (Å²) in [6.07, 6.45) is 0. The lowest BCUT2D eigenvalue weighted by atomic mass is 10.0. The lowest BCUT2D eigenvalue weighted by Crippen LogP contribution is -1.95. The van der Waals surface area contributed by atoms with Gasteiger partial charge in [0, 0.05) is 22.0 Å². The Morgan fingerprint density at radius 1 is 0.538 bits per heavy atom. The van der Waals surface area contributed by atoms with Crippen molar-refractivity contribution < 1.29 is 0 Å². The van der Waals surface area contributed by atoms with E-state index in [4.69, 9.17) is 11.6 Å². The Hall–Kier alpha value is -3.03. The van der Waals surface area contributed by atoms with E-state index >= 15 is 0 Å². The molecule has 0 atom stereocenters. The highest BCUT2D eigenvalue weighted by Gasteiger charge is 2.17. The molecule has 0 bridgehead atoms. The molecule has 0 aliphatic rings. The lowest BCUT2D eigenvalue weighted by Gasteiger charge is -2.12. The molecule has 0 radical (unpaired) electrons. The summed E-state index contributed by atoms with van der Waals surface area (Å²) in [7, 11) is 0. The summed E-state index contributed by atoms with van der Waals surface area (Å²) in [4.78, 5) is 0. The van der Waals surface area contributed by atoms with Crippen LogP contribution in [0.1, 0.15) is 0 Å². The summed E-state index contributed by atoms with van der Waals surface area (Å²) >= 11 is 6.66. The summed E-state index contributed by atoms with van der Waals surface area (Å²) in [5.41, 5.74) is 5.77. The Bertz CT molecular complexity index is 1220. The molecule has 0 N–H and O–H groups in total. The fourth-order valence-corrected chi connectivity index (χ4v) is 4.02. The van der Waals surface area contributed by atoms with E-state index in [1.54, 1.807) is 0 Å². The second kappa shape index (κ2) is 6.05. The smallest absolute Gasteiger partial charge is 0.0727 e. The first-order chi connectivity index (χ1) is 12.8. The number of rotatable bonds is 2. The maximum Gasteiger partial charge on any atom is 0.0727 e. The van der Waals surface area contributed by atoms with Crippen LogP contribution in [0.2, 0.25) is 5.02 Å². The molecule has 0 fully saturated rings. The Morgan fingerprint density at radius 2 is 1.15 bits per heavy atom. The first-order valence-corrected chi connectivity index (χ1v) is 9.05. The van der Waals surface area contributed by atoms with Gasteiger partial charge < -0.3 is 4.57 Å². The van der Waals surface area contributed by atoms with E-state index in [0.717, 1.165) is 16.2 Å². The van der Waals surface area contributed by atoms with Gasteiger partial charge in [0.1, 0.15) is 0 Å². The van der Waals surface area contributed by atoms with Crippen LogP contribution in [-0.2, 0) is 0 Å². The Balaban J connectivity index is 2.02. The number of nitrogens with zero attached hydrogens (tertiary/aromatic N) is 1. The van der Waals surface area contributed by atoms with Crippen molar-refractivity contribution in [2.45, 2.75) is 0 Å². The molecule has 0 saturated carbocycles. The third kappa shape index (κ3) is 2.25. The van der Waals surface area contributed by atoms with Gasteiger partial charge >= 0.3 is 0 Å². The molecular weight excluding hydrogens is 338 g/mol. The van der Waals surface area contributed by atoms with Crippen molar-refractivity contribution in [3.8, 4) is 16.8 Å². The van der Waals surface area contributed by atoms with Crippen molar-refractivity contribution in [3.05, 3.63) is 102 Å². The van der Waals surface area contributed by atoms with E-state index in [9.17, 15) is 0 Å². The van der Waals surface area contributed by atoms with Crippen molar-refractivity contribution in [2.75, 3.05) is 0 Å². The first kappa shape index (κ1) is 15.2. The second-order valence-corrected chi connectivity index (χ2v) is 6.78. The van der Waals surface area contributed by atoms with Crippen LogP contribution in [0.4, 0.5) is 0 Å². The van der Waals surface area contributed by atoms with Crippen LogP contribution in [0.15, 0.2) is 97.1 Å². The minimum absolute atomic E-state index is 0.765. The number of aromatic nitrogens is 1. The Kier molecular flexibility index (Phi) is 3.55. The molecule has 0 aliphatic carbocycles. The number of hydrogen-bond acceptors (Lipinski definition) is 0. The summed E-state index contributed by atoms with van der Waals surface area (Å²) in [5.74, 6) is 0. The van der Waals surface area contributed by atoms with E-state index < -0.39 is 0 Å². The average Bonchev–Trinajstić information content (AvgIpc) is 3.05. The molecule has 0 spiro atoms. The predicted octanol–water partition coefficient (Wildman–Crippen LogP) is 7.10. The van der Waals surface area contributed by atoms with E-state index in [0.29, 0.717) is 0 Å². The molecule has 0 saturated heterocycles. The minimum Gasteiger partial charge on any atom is -0.307 e. The average molecular weight is 354 g/mol. The largest absolute Gasteiger partial charge is 0.307 e. The predicted molar refractivity (Wildman–Crippen MR) is 111 cm³/mol. The monoisotopic (exact) mass is 353 g/mol. The molecule has 5 aromatic rings. The van der Waals surface area contributed by atoms with Crippen LogP contribution in [0, 0.1) is 0 Å². The molecule has 0 aliphatic heterocycles. The van der Waals surface area contributed by atoms with Crippen molar-refractivity contribution in [1.82, 2.24) is 4.57 Å². The highest BCUT2D eigenvalue weighted by atomic mass is 35.5. The molecule has 2 heteroatoms. The van der Waals surface area contributed by atoms with Gasteiger partial charge in [0.15, 0.2) is 0 Å². The van der Waals surface area contributed by atoms with Gasteiger partial charge in [0.05, 0.1) is 16.1 Å². The van der Waals surface area contributed by atoms with Gasteiger partial charge in [0.25, 0.3) is 0 Å². The van der Waals surface area contributed by atoms with Crippen LogP contribution in [-0.4, -0.2) is 4.57 Å². The zero-order valence-electron chi connectivity index (χ0n) is 14.1. The van der Waals surface area contributed by atoms with E-state index in [1.807, 2.05) is 24.3 Å². The summed E-state index contributed by atoms with van der Waals surface area (Å²) < 4.78 is 2.29. The van der Waals surface area contributed by atoms with Gasteiger partial charge in [-0.1, -0.05) is 90.5 Å². The summed E-state index contributed by atoms with van der Waals surface area (Å²) in [6, 6.07) is 33.6. The summed E-state index contributed by atoms with van der Waals surface area (Å²) in [6.45, 7) is 0. The molecule has 1 heterocycles. The molecule has 26 heavy (non-hydrogen) atoms. The van der Waals surface area contributed by atoms with Crippen LogP contribution in [0.3, 0.4) is 0 Å². The number of hydrogen-bond donors (Lipinski definition) is 0. The number of benzene rings is 4. The van der Waals surface area contributed by atoms with Crippen LogP contribution in [0.25, 0.3) is 38.6 Å². The Morgan fingerprint density at radius 3 is 1.88 bits per heavy atom. The zero-order chi connectivity index (χ0) is 17.5. The molecule has 1 nitrogen and oxygen atoms in total. The maximum absolute atomic E-state index is 6.66. The maximum atomic E-state index is 6.66. The fourth-order valence-electron chi connectivity index (χ4n) is 3.76. The van der Waals surface area contributed by atoms with Gasteiger partial charge in [-0.2, -0.15) is 0 Å². The molecule has 124 valence electrons. The van der Waals surface area contributed by atoms with E-state index in [1.165, 1.54) is 27.4 Å². The minimum atomic E-state index is 0.765. The second-order valence-electron chi connectivity index (χ2n) is 6.37. The van der Waals surface area contributed by atoms with Gasteiger partial charge in [-0.15, -0.1) is 0 Å². The quantitative estimate of drug-likeness (QED) is 0.319. The van der Waals surface area contributed by atoms with Crippen molar-refractivity contribution >= 4 is 33.4 Å². The fraction of sp³-hybridized carbons (Fsp3) is 0. The highest BCUT2D eigenvalue weighted by Crippen LogP contribution is 2.40. The van der Waals surface area contributed by atoms with Gasteiger partial charge in [-0.05, 0) is 23.8 Å². The molecule has 4 aromatic carbocycles. The van der Waals surface area contributed by atoms with Gasteiger partial charge in [-0.25, -0.2) is 0 Å². The SMILES string of the molecule is Clc1cccc2c3cccc(-c4ccccc4)c3n(-c3ccccc3)c12. The Labute approximate surface area is 157 Å². The van der Waals surface area contributed by atoms with Crippen LogP contribution < -0.4 is 0 Å². The molecule has 0 unspecified atom stereocenters. The third-order valence-corrected chi connectivity index (χ3v) is 5.16. The lowest BCUT2D eigenvalue weighted by molar-refractivity contribution is 1.18. The standard InChI is InChI=1S/C24H16ClN/c25-22-16-8-15-21-20-14-7-13-19(17-9-3-1-4-10-17)23(20)26(24(21)22)18-11-5-2-6-12-18/h1-16H. The van der Waals surface area contributed by atoms with Crippen LogP contribution in [0.5, 0.6) is 0 Å². The molecule has 1 aromatic heterocycles. The normalized spacial score (nSPS) is 11.3. The van der Waals surface area contributed by atoms with Crippen molar-refractivity contribution in [1.29, 1.82) is 0 Å². The highest BCUT2D eigenvalue weighted by molar-refractivity contribution is 6.36. The van der Waals surface area contributed by atoms with E-state index in [2.05, 4.69) is 77.4 Å². The number of halogens is 1. The number of fused-ring (bicyclic) bond motifs is 3. The van der Waals surface area contributed by atoms with Gasteiger partial charge in [0.2, 0.25) is 0 Å². The topological polar surface area (TPSA) is 4.93 Å². The molecule has 0 amide bonds. The summed E-state index contributed by atoms with van der Waals surface area (Å²) in [5, 5.41) is 3.16. The molecular formula is C24H16ClN. The molecule has 5 rings (SSSR count). The number of para-hydroxylation sites is 3. The van der Waals surface area contributed by atoms with Crippen molar-refractivity contribution in [3.63, 3.8) is 0 Å². The zero-order valence-corrected chi connectivity index (χ0v) is 14.8.